The quantitative estimate of drug-likeness (QED) is 0.0391. The molecule has 0 radical (unpaired) electrons. The molecule has 0 saturated heterocycles. The van der Waals surface area contributed by atoms with E-state index in [1.54, 1.807) is 0 Å². The summed E-state index contributed by atoms with van der Waals surface area (Å²) in [5.74, 6) is -0.791. The minimum atomic E-state index is -2.11. The molecule has 0 aromatic heterocycles. The van der Waals surface area contributed by atoms with E-state index >= 15 is 0 Å². The van der Waals surface area contributed by atoms with Crippen LogP contribution >= 0.6 is 0 Å². The van der Waals surface area contributed by atoms with Crippen LogP contribution in [-0.2, 0) is 18.8 Å². The summed E-state index contributed by atoms with van der Waals surface area (Å²) >= 11 is 0. The fourth-order valence-corrected chi connectivity index (χ4v) is 9.82. The Hall–Kier alpha value is -1.10. The van der Waals surface area contributed by atoms with E-state index < -0.39 is 14.3 Å². The van der Waals surface area contributed by atoms with Gasteiger partial charge in [-0.05, 0) is 24.6 Å². The highest BCUT2D eigenvalue weighted by atomic mass is 28.4. The minimum absolute atomic E-state index is 0.357. The molecule has 0 spiro atoms. The molecular weight excluding hydrogens is 500 g/mol. The van der Waals surface area contributed by atoms with Crippen LogP contribution in [0.1, 0.15) is 169 Å². The molecule has 0 heterocycles. The molecule has 0 aliphatic rings. The first-order valence-corrected chi connectivity index (χ1v) is 19.6. The maximum Gasteiger partial charge on any atom is 0.331 e. The number of esters is 1. The van der Waals surface area contributed by atoms with Gasteiger partial charge in [0.15, 0.2) is 0 Å². The van der Waals surface area contributed by atoms with Gasteiger partial charge in [-0.3, -0.25) is 0 Å². The SMILES string of the molecule is CCCCCCCCCCCCCCCCCCOC(=O)C=CC(=O)O[Si](CCCC)(CCCC)CCCC. The lowest BCUT2D eigenvalue weighted by atomic mass is 10.0. The monoisotopic (exact) mass is 566 g/mol. The average molecular weight is 567 g/mol. The van der Waals surface area contributed by atoms with E-state index in [1.165, 1.54) is 102 Å². The van der Waals surface area contributed by atoms with Crippen molar-refractivity contribution in [3.8, 4) is 0 Å². The summed E-state index contributed by atoms with van der Waals surface area (Å²) in [5.41, 5.74) is 0. The summed E-state index contributed by atoms with van der Waals surface area (Å²) in [6, 6.07) is 3.10. The van der Waals surface area contributed by atoms with Crippen molar-refractivity contribution in [3.05, 3.63) is 12.2 Å². The molecule has 0 amide bonds. The van der Waals surface area contributed by atoms with Gasteiger partial charge in [0.1, 0.15) is 0 Å². The summed E-state index contributed by atoms with van der Waals surface area (Å²) in [6.45, 7) is 9.28. The number of ether oxygens (including phenoxy) is 1. The molecule has 0 saturated carbocycles. The number of hydrogen-bond acceptors (Lipinski definition) is 4. The number of unbranched alkanes of at least 4 members (excludes halogenated alkanes) is 18. The Morgan fingerprint density at radius 1 is 0.462 bits per heavy atom. The van der Waals surface area contributed by atoms with Crippen molar-refractivity contribution in [2.45, 2.75) is 187 Å². The van der Waals surface area contributed by atoms with Gasteiger partial charge in [-0.1, -0.05) is 163 Å². The Labute approximate surface area is 244 Å². The van der Waals surface area contributed by atoms with Crippen LogP contribution in [0.2, 0.25) is 18.1 Å². The zero-order valence-electron chi connectivity index (χ0n) is 26.7. The Balaban J connectivity index is 3.92. The van der Waals surface area contributed by atoms with E-state index in [1.807, 2.05) is 0 Å². The summed E-state index contributed by atoms with van der Waals surface area (Å²) in [5, 5.41) is 0. The lowest BCUT2D eigenvalue weighted by Gasteiger charge is -2.31. The van der Waals surface area contributed by atoms with Crippen LogP contribution in [0.4, 0.5) is 0 Å². The smallest absolute Gasteiger partial charge is 0.331 e. The third-order valence-electron chi connectivity index (χ3n) is 7.87. The summed E-state index contributed by atoms with van der Waals surface area (Å²) in [6.07, 6.45) is 30.4. The van der Waals surface area contributed by atoms with E-state index in [2.05, 4.69) is 27.7 Å². The molecular formula is C34H66O4Si. The van der Waals surface area contributed by atoms with Gasteiger partial charge in [0.25, 0.3) is 8.32 Å². The third kappa shape index (κ3) is 24.4. The fraction of sp³-hybridized carbons (Fsp3) is 0.882. The van der Waals surface area contributed by atoms with Crippen molar-refractivity contribution >= 4 is 20.3 Å². The molecule has 0 aliphatic carbocycles. The molecule has 0 aromatic carbocycles. The topological polar surface area (TPSA) is 52.6 Å². The van der Waals surface area contributed by atoms with Crippen molar-refractivity contribution in [2.75, 3.05) is 6.61 Å². The standard InChI is InChI=1S/C34H66O4Si/c1-5-9-13-14-15-16-17-18-19-20-21-22-23-24-25-26-29-37-33(35)27-28-34(36)38-39(30-10-6-2,31-11-7-3)32-12-8-4/h27-28H,5-26,29-32H2,1-4H3. The van der Waals surface area contributed by atoms with Crippen LogP contribution in [0, 0.1) is 0 Å². The molecule has 0 N–H and O–H groups in total. The van der Waals surface area contributed by atoms with E-state index in [0.717, 1.165) is 69.5 Å². The zero-order chi connectivity index (χ0) is 28.9. The molecule has 0 atom stereocenters. The van der Waals surface area contributed by atoms with Crippen LogP contribution in [0.5, 0.6) is 0 Å². The minimum Gasteiger partial charge on any atom is -0.516 e. The maximum absolute atomic E-state index is 12.6. The number of hydrogen-bond donors (Lipinski definition) is 0. The maximum atomic E-state index is 12.6. The van der Waals surface area contributed by atoms with Crippen LogP contribution in [0.25, 0.3) is 0 Å². The van der Waals surface area contributed by atoms with Gasteiger partial charge in [-0.2, -0.15) is 0 Å². The number of rotatable bonds is 29. The number of carbonyl (C=O) groups is 2. The highest BCUT2D eigenvalue weighted by Gasteiger charge is 2.36. The van der Waals surface area contributed by atoms with Crippen LogP contribution < -0.4 is 0 Å². The van der Waals surface area contributed by atoms with Gasteiger partial charge >= 0.3 is 11.9 Å². The summed E-state index contributed by atoms with van der Waals surface area (Å²) in [7, 11) is -2.11. The largest absolute Gasteiger partial charge is 0.516 e. The lowest BCUT2D eigenvalue weighted by Crippen LogP contribution is -2.40. The van der Waals surface area contributed by atoms with E-state index in [9.17, 15) is 9.59 Å². The molecule has 0 aliphatic heterocycles. The van der Waals surface area contributed by atoms with Gasteiger partial charge in [0.2, 0.25) is 0 Å². The van der Waals surface area contributed by atoms with Crippen molar-refractivity contribution < 1.29 is 18.8 Å². The second-order valence-electron chi connectivity index (χ2n) is 11.7. The van der Waals surface area contributed by atoms with Crippen molar-refractivity contribution in [1.82, 2.24) is 0 Å². The van der Waals surface area contributed by atoms with Crippen LogP contribution in [0.3, 0.4) is 0 Å². The highest BCUT2D eigenvalue weighted by Crippen LogP contribution is 2.30. The lowest BCUT2D eigenvalue weighted by molar-refractivity contribution is -0.138. The molecule has 0 aromatic rings. The molecule has 230 valence electrons. The Bertz CT molecular complexity index is 568. The van der Waals surface area contributed by atoms with Crippen LogP contribution in [0.15, 0.2) is 12.2 Å². The first kappa shape index (κ1) is 37.9. The Kier molecular flexibility index (Phi) is 27.6. The highest BCUT2D eigenvalue weighted by molar-refractivity contribution is 6.75. The molecule has 0 rings (SSSR count). The van der Waals surface area contributed by atoms with Gasteiger partial charge in [0, 0.05) is 12.2 Å². The van der Waals surface area contributed by atoms with E-state index in [4.69, 9.17) is 9.16 Å². The van der Waals surface area contributed by atoms with Gasteiger partial charge in [0.05, 0.1) is 6.61 Å². The van der Waals surface area contributed by atoms with E-state index in [-0.39, 0.29) is 5.97 Å². The summed E-state index contributed by atoms with van der Waals surface area (Å²) in [4.78, 5) is 24.7. The second kappa shape index (κ2) is 28.4. The average Bonchev–Trinajstić information content (AvgIpc) is 2.94. The zero-order valence-corrected chi connectivity index (χ0v) is 27.7. The normalized spacial score (nSPS) is 11.8. The van der Waals surface area contributed by atoms with E-state index in [0.29, 0.717) is 6.61 Å². The molecule has 4 nitrogen and oxygen atoms in total. The van der Waals surface area contributed by atoms with Crippen molar-refractivity contribution in [3.63, 3.8) is 0 Å². The molecule has 0 fully saturated rings. The number of carbonyl (C=O) groups excluding carboxylic acids is 2. The van der Waals surface area contributed by atoms with Gasteiger partial charge in [-0.25, -0.2) is 9.59 Å². The summed E-state index contributed by atoms with van der Waals surface area (Å²) < 4.78 is 11.5. The molecule has 5 heteroatoms. The van der Waals surface area contributed by atoms with Gasteiger partial charge in [-0.15, -0.1) is 0 Å². The van der Waals surface area contributed by atoms with Crippen molar-refractivity contribution in [1.29, 1.82) is 0 Å². The predicted molar refractivity (Wildman–Crippen MR) is 171 cm³/mol. The van der Waals surface area contributed by atoms with Gasteiger partial charge < -0.3 is 9.16 Å². The Morgan fingerprint density at radius 2 is 0.795 bits per heavy atom. The molecule has 39 heavy (non-hydrogen) atoms. The first-order chi connectivity index (χ1) is 19.0. The third-order valence-corrected chi connectivity index (χ3v) is 12.3. The second-order valence-corrected chi connectivity index (χ2v) is 15.8. The predicted octanol–water partition coefficient (Wildman–Crippen LogP) is 11.2. The van der Waals surface area contributed by atoms with Crippen molar-refractivity contribution in [2.24, 2.45) is 0 Å². The first-order valence-electron chi connectivity index (χ1n) is 17.1. The fourth-order valence-electron chi connectivity index (χ4n) is 5.28. The molecule has 0 unspecified atom stereocenters. The molecule has 0 bridgehead atoms. The Morgan fingerprint density at radius 3 is 1.18 bits per heavy atom. The van der Waals surface area contributed by atoms with Crippen LogP contribution in [-0.4, -0.2) is 26.9 Å².